The number of phenols is 1. The smallest absolute Gasteiger partial charge is 0.407 e. The van der Waals surface area contributed by atoms with Crippen LogP contribution < -0.4 is 15.4 Å². The molecule has 2 amide bonds. The minimum Gasteiger partial charge on any atom is -0.507 e. The number of allylic oxidation sites excluding steroid dienone is 4. The SMILES string of the molecule is CO[C@H]1C=CO[C@@]2(C)Oc3c(C)c(O)c4c(c3C2=O)C(=O)C(N2CCOCC2)=C(NC(=O)C(C)=CC=C[C@H](C)[C@H](O)[C@@H](C)[C@@H](O)[C@@H](C)[C@H](OC(=O)NCCN(C)C)[C@@H]1C)C4=O. The van der Waals surface area contributed by atoms with E-state index >= 15 is 0 Å². The van der Waals surface area contributed by atoms with Gasteiger partial charge in [-0.1, -0.05) is 45.9 Å². The van der Waals surface area contributed by atoms with Crippen molar-refractivity contribution < 1.29 is 63.0 Å². The molecule has 1 aromatic carbocycles. The van der Waals surface area contributed by atoms with Crippen molar-refractivity contribution in [3.8, 4) is 11.5 Å². The molecule has 1 aromatic rings. The van der Waals surface area contributed by atoms with Crippen LogP contribution in [0.3, 0.4) is 0 Å². The number of ketones is 3. The number of aliphatic hydroxyl groups is 2. The standard InChI is InChI=1S/C44H60N4O13/c1-22-12-11-13-23(2)42(55)46-32-33(48-17-20-58-21-18-48)38(53)29-30(37(32)52)36(51)27(6)40-31(29)41(54)44(7,61-40)59-19-14-28(57-10)24(3)39(26(5)35(50)25(4)34(22)49)60-43(56)45-15-16-47(8)9/h11-14,19,22,24-26,28,34-35,39,49-51H,15-18,20-21H2,1-10H3,(H,45,56)(H,46,55)/t22-,24+,25+,26+,28-,34-,35+,39+,44-/m0/s1. The number of amides is 2. The number of ether oxygens (including phenoxy) is 5. The maximum Gasteiger partial charge on any atom is 0.407 e. The number of hydrogen-bond donors (Lipinski definition) is 5. The van der Waals surface area contributed by atoms with Crippen molar-refractivity contribution in [2.45, 2.75) is 78.7 Å². The summed E-state index contributed by atoms with van der Waals surface area (Å²) in [5, 5.41) is 40.0. The molecule has 61 heavy (non-hydrogen) atoms. The second-order valence-electron chi connectivity index (χ2n) is 16.6. The molecule has 0 aromatic heterocycles. The summed E-state index contributed by atoms with van der Waals surface area (Å²) in [6.45, 7) is 12.8. The van der Waals surface area contributed by atoms with Crippen molar-refractivity contribution in [1.82, 2.24) is 20.4 Å². The van der Waals surface area contributed by atoms with Crippen molar-refractivity contribution in [3.05, 3.63) is 69.8 Å². The molecule has 4 aliphatic heterocycles. The average molecular weight is 853 g/mol. The van der Waals surface area contributed by atoms with Gasteiger partial charge in [0.15, 0.2) is 0 Å². The van der Waals surface area contributed by atoms with Crippen molar-refractivity contribution >= 4 is 29.4 Å². The van der Waals surface area contributed by atoms with E-state index in [-0.39, 0.29) is 65.7 Å². The number of rotatable bonds is 6. The molecule has 5 aliphatic rings. The summed E-state index contributed by atoms with van der Waals surface area (Å²) in [5.74, 6) is -8.71. The molecule has 334 valence electrons. The molecule has 0 radical (unpaired) electrons. The number of morpholine rings is 1. The number of likely N-dealkylation sites (N-methyl/N-ethyl adjacent to an activating group) is 1. The first-order valence-electron chi connectivity index (χ1n) is 20.5. The Labute approximate surface area is 356 Å². The molecule has 5 N–H and O–H groups in total. The lowest BCUT2D eigenvalue weighted by Gasteiger charge is -2.38. The van der Waals surface area contributed by atoms with E-state index in [0.717, 1.165) is 0 Å². The van der Waals surface area contributed by atoms with Crippen LogP contribution in [0.4, 0.5) is 4.79 Å². The van der Waals surface area contributed by atoms with Crippen LogP contribution in [0.1, 0.15) is 78.2 Å². The molecule has 1 saturated heterocycles. The first kappa shape index (κ1) is 47.0. The van der Waals surface area contributed by atoms with Crippen LogP contribution >= 0.6 is 0 Å². The number of phenolic OH excluding ortho intramolecular Hbond substituents is 1. The second-order valence-corrected chi connectivity index (χ2v) is 16.6. The fourth-order valence-corrected chi connectivity index (χ4v) is 8.12. The molecule has 4 heterocycles. The lowest BCUT2D eigenvalue weighted by Crippen LogP contribution is -2.48. The van der Waals surface area contributed by atoms with E-state index < -0.39 is 94.5 Å². The van der Waals surface area contributed by atoms with E-state index in [2.05, 4.69) is 10.6 Å². The topological polar surface area (TPSA) is 223 Å². The summed E-state index contributed by atoms with van der Waals surface area (Å²) in [6, 6.07) is 0. The maximum absolute atomic E-state index is 14.7. The Kier molecular flexibility index (Phi) is 14.9. The molecule has 1 aliphatic carbocycles. The molecular weight excluding hydrogens is 792 g/mol. The number of aromatic hydroxyl groups is 1. The van der Waals surface area contributed by atoms with E-state index in [0.29, 0.717) is 13.1 Å². The fourth-order valence-electron chi connectivity index (χ4n) is 8.12. The van der Waals surface area contributed by atoms with Crippen LogP contribution in [-0.4, -0.2) is 145 Å². The Morgan fingerprint density at radius 3 is 2.28 bits per heavy atom. The Bertz CT molecular complexity index is 2020. The van der Waals surface area contributed by atoms with Gasteiger partial charge in [0.25, 0.3) is 11.7 Å². The van der Waals surface area contributed by atoms with E-state index in [1.807, 2.05) is 19.0 Å². The molecule has 0 saturated carbocycles. The summed E-state index contributed by atoms with van der Waals surface area (Å²) >= 11 is 0. The van der Waals surface area contributed by atoms with Crippen LogP contribution in [0.25, 0.3) is 0 Å². The molecule has 0 unspecified atom stereocenters. The predicted octanol–water partition coefficient (Wildman–Crippen LogP) is 3.01. The molecule has 0 spiro atoms. The highest BCUT2D eigenvalue weighted by molar-refractivity contribution is 6.32. The van der Waals surface area contributed by atoms with Gasteiger partial charge in [-0.25, -0.2) is 4.79 Å². The number of Topliss-reactive ketones (excluding diaryl/α,β-unsaturated/α-hetero) is 3. The van der Waals surface area contributed by atoms with Gasteiger partial charge in [0.2, 0.25) is 11.6 Å². The highest BCUT2D eigenvalue weighted by Crippen LogP contribution is 2.49. The van der Waals surface area contributed by atoms with Crippen LogP contribution in [0.15, 0.2) is 47.5 Å². The number of benzene rings is 1. The van der Waals surface area contributed by atoms with Crippen molar-refractivity contribution in [2.75, 3.05) is 60.6 Å². The Morgan fingerprint density at radius 1 is 0.967 bits per heavy atom. The Hall–Kier alpha value is -5.07. The van der Waals surface area contributed by atoms with E-state index in [4.69, 9.17) is 23.7 Å². The van der Waals surface area contributed by atoms with E-state index in [1.165, 1.54) is 46.3 Å². The van der Waals surface area contributed by atoms with Gasteiger partial charge in [-0.15, -0.1) is 0 Å². The zero-order chi connectivity index (χ0) is 45.1. The molecular formula is C44H60N4O13. The largest absolute Gasteiger partial charge is 0.507 e. The van der Waals surface area contributed by atoms with E-state index in [1.54, 1.807) is 44.7 Å². The third-order valence-corrected chi connectivity index (χ3v) is 12.0. The number of methoxy groups -OCH3 is 1. The molecule has 6 rings (SSSR count). The highest BCUT2D eigenvalue weighted by atomic mass is 16.7. The number of nitrogens with zero attached hydrogens (tertiary/aromatic N) is 2. The van der Waals surface area contributed by atoms with Gasteiger partial charge in [-0.05, 0) is 34.0 Å². The summed E-state index contributed by atoms with van der Waals surface area (Å²) < 4.78 is 29.4. The Balaban J connectivity index is 1.63. The molecule has 17 nitrogen and oxygen atoms in total. The number of hydrogen-bond acceptors (Lipinski definition) is 15. The molecule has 9 atom stereocenters. The minimum atomic E-state index is -2.09. The summed E-state index contributed by atoms with van der Waals surface area (Å²) in [7, 11) is 5.15. The van der Waals surface area contributed by atoms with Crippen molar-refractivity contribution in [2.24, 2.45) is 23.7 Å². The zero-order valence-corrected chi connectivity index (χ0v) is 36.6. The van der Waals surface area contributed by atoms with Gasteiger partial charge in [0.1, 0.15) is 29.0 Å². The number of alkyl carbamates (subject to hydrolysis) is 1. The fraction of sp³-hybridized carbons (Fsp3) is 0.568. The monoisotopic (exact) mass is 852 g/mol. The molecule has 5 bridgehead atoms. The number of carbonyl (C=O) groups excluding carboxylic acids is 5. The van der Waals surface area contributed by atoms with Crippen LogP contribution in [-0.2, 0) is 23.7 Å². The lowest BCUT2D eigenvalue weighted by atomic mass is 9.78. The number of fused-ring (bicyclic) bond motifs is 14. The lowest BCUT2D eigenvalue weighted by molar-refractivity contribution is -0.116. The number of aliphatic hydroxyl groups excluding tert-OH is 2. The van der Waals surface area contributed by atoms with Crippen LogP contribution in [0.2, 0.25) is 0 Å². The number of carbonyl (C=O) groups is 5. The predicted molar refractivity (Wildman–Crippen MR) is 222 cm³/mol. The second kappa shape index (κ2) is 19.3. The minimum absolute atomic E-state index is 0.00268. The highest BCUT2D eigenvalue weighted by Gasteiger charge is 2.53. The molecule has 17 heteroatoms. The quantitative estimate of drug-likeness (QED) is 0.278. The number of nitrogens with one attached hydrogen (secondary N) is 2. The first-order chi connectivity index (χ1) is 28.7. The van der Waals surface area contributed by atoms with Gasteiger partial charge >= 0.3 is 11.9 Å². The normalized spacial score (nSPS) is 30.2. The maximum atomic E-state index is 14.7. The van der Waals surface area contributed by atoms with E-state index in [9.17, 15) is 39.3 Å². The van der Waals surface area contributed by atoms with Gasteiger partial charge in [-0.3, -0.25) is 19.2 Å². The third kappa shape index (κ3) is 9.55. The first-order valence-corrected chi connectivity index (χ1v) is 20.5. The van der Waals surface area contributed by atoms with Crippen molar-refractivity contribution in [3.63, 3.8) is 0 Å². The van der Waals surface area contributed by atoms with Crippen LogP contribution in [0, 0.1) is 30.6 Å². The molecule has 1 fully saturated rings. The Morgan fingerprint density at radius 2 is 1.64 bits per heavy atom. The van der Waals surface area contributed by atoms with Gasteiger partial charge < -0.3 is 59.4 Å². The van der Waals surface area contributed by atoms with Crippen molar-refractivity contribution in [1.29, 1.82) is 0 Å². The van der Waals surface area contributed by atoms with Gasteiger partial charge in [0, 0.05) is 75.0 Å². The average Bonchev–Trinajstić information content (AvgIpc) is 3.49. The van der Waals surface area contributed by atoms with Gasteiger partial charge in [-0.2, -0.15) is 0 Å². The summed E-state index contributed by atoms with van der Waals surface area (Å²) in [6.07, 6.45) is 2.55. The summed E-state index contributed by atoms with van der Waals surface area (Å²) in [5.41, 5.74) is -1.50. The van der Waals surface area contributed by atoms with Crippen LogP contribution in [0.5, 0.6) is 11.5 Å². The van der Waals surface area contributed by atoms with Gasteiger partial charge in [0.05, 0.1) is 54.5 Å². The zero-order valence-electron chi connectivity index (χ0n) is 36.6. The third-order valence-electron chi connectivity index (χ3n) is 12.0. The summed E-state index contributed by atoms with van der Waals surface area (Å²) in [4.78, 5) is 74.0.